The topological polar surface area (TPSA) is 292 Å². The van der Waals surface area contributed by atoms with Gasteiger partial charge >= 0.3 is 73.7 Å². The first kappa shape index (κ1) is 76.7. The quantitative estimate of drug-likeness (QED) is 0.140. The van der Waals surface area contributed by atoms with Crippen molar-refractivity contribution in [3.8, 4) is 0 Å². The van der Waals surface area contributed by atoms with Crippen molar-refractivity contribution in [1.29, 1.82) is 0 Å². The van der Waals surface area contributed by atoms with Gasteiger partial charge < -0.3 is 59.4 Å². The Hall–Kier alpha value is -7.57. The Morgan fingerprint density at radius 2 is 0.356 bits per heavy atom. The second kappa shape index (κ2) is 40.2. The standard InChI is InChI=1S/2C12H8N2.6C7H5ClO2.2Lu/c2*1-3-9-5-6-10-4-2-8-14-12(10)11(9)13-7-1;6*8-6-3-1-5(2-4-6)7(9)10;;/h2*1-8H;6*1-4H,(H,9,10);;/q;;;;;;;;2*+3/p-6. The summed E-state index contributed by atoms with van der Waals surface area (Å²) >= 11 is 33.0. The number of fused-ring (bicyclic) bond motifs is 6. The van der Waals surface area contributed by atoms with Gasteiger partial charge in [-0.2, -0.15) is 0 Å². The third kappa shape index (κ3) is 26.5. The number of pyridine rings is 4. The maximum absolute atomic E-state index is 10.2. The monoisotopic (exact) mass is 1640 g/mol. The Morgan fingerprint density at radius 3 is 0.478 bits per heavy atom. The van der Waals surface area contributed by atoms with Gasteiger partial charge in [-0.1, -0.05) is 191 Å². The van der Waals surface area contributed by atoms with Gasteiger partial charge in [-0.3, -0.25) is 19.9 Å². The molecule has 4 heterocycles. The van der Waals surface area contributed by atoms with Gasteiger partial charge in [-0.05, 0) is 130 Å². The molecule has 0 amide bonds. The van der Waals surface area contributed by atoms with Crippen molar-refractivity contribution in [1.82, 2.24) is 19.9 Å². The summed E-state index contributed by atoms with van der Waals surface area (Å²) in [5.74, 6) is -7.10. The minimum Gasteiger partial charge on any atom is -0.545 e. The molecule has 0 aliphatic carbocycles. The summed E-state index contributed by atoms with van der Waals surface area (Å²) < 4.78 is 0. The number of carbonyl (C=O) groups is 6. The molecule has 0 fully saturated rings. The number of nitrogens with zero attached hydrogens (tertiary/aromatic N) is 4. The molecule has 12 rings (SSSR count). The number of halogens is 6. The van der Waals surface area contributed by atoms with Crippen LogP contribution in [-0.2, 0) is 0 Å². The molecule has 0 radical (unpaired) electrons. The summed E-state index contributed by atoms with van der Waals surface area (Å²) in [6.45, 7) is 0. The molecular weight excluding hydrogens is 1600 g/mol. The zero-order valence-corrected chi connectivity index (χ0v) is 53.4. The zero-order chi connectivity index (χ0) is 64.1. The van der Waals surface area contributed by atoms with E-state index in [1.165, 1.54) is 146 Å². The van der Waals surface area contributed by atoms with E-state index in [2.05, 4.69) is 68.5 Å². The van der Waals surface area contributed by atoms with Gasteiger partial charge in [0.25, 0.3) is 0 Å². The van der Waals surface area contributed by atoms with Crippen LogP contribution in [0.1, 0.15) is 62.1 Å². The van der Waals surface area contributed by atoms with E-state index in [0.717, 1.165) is 43.6 Å². The molecule has 0 N–H and O–H groups in total. The molecule has 0 aliphatic heterocycles. The fourth-order valence-electron chi connectivity index (χ4n) is 6.88. The third-order valence-corrected chi connectivity index (χ3v) is 12.7. The average Bonchev–Trinajstić information content (AvgIpc) is 1.07. The predicted molar refractivity (Wildman–Crippen MR) is 329 cm³/mol. The molecule has 0 aliphatic rings. The van der Waals surface area contributed by atoms with Gasteiger partial charge in [-0.15, -0.1) is 0 Å². The number of carboxylic acid groups (broad SMARTS) is 6. The Morgan fingerprint density at radius 1 is 0.222 bits per heavy atom. The van der Waals surface area contributed by atoms with Crippen LogP contribution in [0.4, 0.5) is 0 Å². The molecule has 0 unspecified atom stereocenters. The van der Waals surface area contributed by atoms with E-state index in [1.807, 2.05) is 24.3 Å². The molecule has 4 aromatic heterocycles. The maximum Gasteiger partial charge on any atom is 3.00 e. The first-order valence-electron chi connectivity index (χ1n) is 25.1. The number of hydrogen-bond acceptors (Lipinski definition) is 16. The van der Waals surface area contributed by atoms with E-state index in [4.69, 9.17) is 69.6 Å². The van der Waals surface area contributed by atoms with Crippen molar-refractivity contribution < 1.29 is 133 Å². The second-order valence-electron chi connectivity index (χ2n) is 17.2. The van der Waals surface area contributed by atoms with E-state index < -0.39 is 35.8 Å². The van der Waals surface area contributed by atoms with Crippen LogP contribution >= 0.6 is 69.6 Å². The smallest absolute Gasteiger partial charge is 0.545 e. The Balaban J connectivity index is 0.000000269. The van der Waals surface area contributed by atoms with E-state index in [-0.39, 0.29) is 107 Å². The van der Waals surface area contributed by atoms with E-state index in [9.17, 15) is 59.4 Å². The molecular formula is C66H40Cl6Lu2N4O12. The van der Waals surface area contributed by atoms with E-state index in [1.54, 1.807) is 24.8 Å². The first-order chi connectivity index (χ1) is 42.1. The van der Waals surface area contributed by atoms with Crippen molar-refractivity contribution >= 4 is 149 Å². The largest absolute Gasteiger partial charge is 3.00 e. The van der Waals surface area contributed by atoms with Crippen LogP contribution in [0.15, 0.2) is 243 Å². The van der Waals surface area contributed by atoms with Crippen molar-refractivity contribution in [2.75, 3.05) is 0 Å². The minimum absolute atomic E-state index is 0. The molecule has 0 spiro atoms. The van der Waals surface area contributed by atoms with Crippen LogP contribution in [0.25, 0.3) is 43.6 Å². The van der Waals surface area contributed by atoms with E-state index >= 15 is 0 Å². The molecule has 0 bridgehead atoms. The molecule has 8 aromatic carbocycles. The number of aromatic carboxylic acids is 6. The summed E-state index contributed by atoms with van der Waals surface area (Å²) in [4.78, 5) is 78.3. The summed E-state index contributed by atoms with van der Waals surface area (Å²) in [5, 5.41) is 68.6. The van der Waals surface area contributed by atoms with Gasteiger partial charge in [0, 0.05) is 76.5 Å². The summed E-state index contributed by atoms with van der Waals surface area (Å²) in [5.41, 5.74) is 4.77. The van der Waals surface area contributed by atoms with Crippen LogP contribution in [0.5, 0.6) is 0 Å². The Kier molecular flexibility index (Phi) is 34.3. The van der Waals surface area contributed by atoms with Gasteiger partial charge in [0.2, 0.25) is 0 Å². The number of benzene rings is 8. The molecule has 16 nitrogen and oxygen atoms in total. The SMILES string of the molecule is O=C([O-])c1ccc(Cl)cc1.O=C([O-])c1ccc(Cl)cc1.O=C([O-])c1ccc(Cl)cc1.O=C([O-])c1ccc(Cl)cc1.O=C([O-])c1ccc(Cl)cc1.O=C([O-])c1ccc(Cl)cc1.[Lu+3].[Lu+3].c1cnc2c(c1)ccc1cccnc12.c1cnc2c(c1)ccc1cccnc12. The summed E-state index contributed by atoms with van der Waals surface area (Å²) in [7, 11) is 0. The van der Waals surface area contributed by atoms with Crippen LogP contribution in [0.3, 0.4) is 0 Å². The fraction of sp³-hybridized carbons (Fsp3) is 0. The molecule has 0 saturated heterocycles. The summed E-state index contributed by atoms with van der Waals surface area (Å²) in [6.07, 6.45) is 7.21. The summed E-state index contributed by atoms with van der Waals surface area (Å²) in [6, 6.07) is 59.2. The van der Waals surface area contributed by atoms with Crippen LogP contribution in [-0.4, -0.2) is 55.8 Å². The second-order valence-corrected chi connectivity index (χ2v) is 19.8. The van der Waals surface area contributed by atoms with E-state index in [0.29, 0.717) is 30.1 Å². The Bertz CT molecular complexity index is 3650. The predicted octanol–water partition coefficient (Wildman–Crippen LogP) is 9.79. The molecule has 0 atom stereocenters. The van der Waals surface area contributed by atoms with Gasteiger partial charge in [0.15, 0.2) is 0 Å². The molecule has 468 valence electrons. The number of carboxylic acids is 6. The normalized spacial score (nSPS) is 9.58. The zero-order valence-electron chi connectivity index (χ0n) is 45.6. The van der Waals surface area contributed by atoms with Crippen molar-refractivity contribution in [2.45, 2.75) is 0 Å². The van der Waals surface area contributed by atoms with Gasteiger partial charge in [0.1, 0.15) is 0 Å². The van der Waals surface area contributed by atoms with Crippen molar-refractivity contribution in [3.05, 3.63) is 307 Å². The minimum atomic E-state index is -1.18. The molecule has 12 aromatic rings. The number of hydrogen-bond donors (Lipinski definition) is 0. The molecule has 90 heavy (non-hydrogen) atoms. The Labute approximate surface area is 602 Å². The average molecular weight is 1640 g/mol. The number of rotatable bonds is 6. The number of carbonyl (C=O) groups excluding carboxylic acids is 6. The number of aromatic nitrogens is 4. The van der Waals surface area contributed by atoms with Crippen LogP contribution in [0, 0.1) is 73.7 Å². The maximum atomic E-state index is 10.2. The fourth-order valence-corrected chi connectivity index (χ4v) is 7.63. The third-order valence-electron chi connectivity index (χ3n) is 11.2. The van der Waals surface area contributed by atoms with Crippen molar-refractivity contribution in [3.63, 3.8) is 0 Å². The van der Waals surface area contributed by atoms with Gasteiger partial charge in [-0.25, -0.2) is 0 Å². The first-order valence-corrected chi connectivity index (χ1v) is 27.3. The molecule has 0 saturated carbocycles. The van der Waals surface area contributed by atoms with Crippen molar-refractivity contribution in [2.24, 2.45) is 0 Å². The van der Waals surface area contributed by atoms with Crippen LogP contribution < -0.4 is 30.6 Å². The van der Waals surface area contributed by atoms with Gasteiger partial charge in [0.05, 0.1) is 57.9 Å². The molecule has 24 heteroatoms. The van der Waals surface area contributed by atoms with Crippen LogP contribution in [0.2, 0.25) is 30.1 Å².